The van der Waals surface area contributed by atoms with Crippen LogP contribution < -0.4 is 4.74 Å². The third-order valence-electron chi connectivity index (χ3n) is 3.52. The van der Waals surface area contributed by atoms with E-state index in [0.29, 0.717) is 12.1 Å². The maximum absolute atomic E-state index is 14.1. The van der Waals surface area contributed by atoms with Crippen LogP contribution in [0.3, 0.4) is 0 Å². The highest BCUT2D eigenvalue weighted by Crippen LogP contribution is 2.49. The van der Waals surface area contributed by atoms with Gasteiger partial charge in [-0.3, -0.25) is 0 Å². The van der Waals surface area contributed by atoms with Crippen molar-refractivity contribution in [2.75, 3.05) is 7.11 Å². The van der Waals surface area contributed by atoms with E-state index < -0.39 is 52.0 Å². The first-order chi connectivity index (χ1) is 11.4. The van der Waals surface area contributed by atoms with Gasteiger partial charge in [-0.25, -0.2) is 8.78 Å². The number of alkyl halides is 6. The number of halogens is 8. The standard InChI is InChI=1S/C16H10F8O/c1-7-3-4-9(14(18)13(7)17)8-5-6-10(25-2)12(16(22,23)24)11(8)15(19,20)21/h3-6H,1-2H3. The van der Waals surface area contributed by atoms with E-state index in [1.54, 1.807) is 0 Å². The minimum Gasteiger partial charge on any atom is -0.496 e. The maximum Gasteiger partial charge on any atom is 0.420 e. The molecule has 136 valence electrons. The van der Waals surface area contributed by atoms with Gasteiger partial charge in [0, 0.05) is 5.56 Å². The van der Waals surface area contributed by atoms with Crippen molar-refractivity contribution in [2.24, 2.45) is 0 Å². The maximum atomic E-state index is 14.1. The molecular formula is C16H10F8O. The van der Waals surface area contributed by atoms with E-state index in [1.165, 1.54) is 6.92 Å². The summed E-state index contributed by atoms with van der Waals surface area (Å²) in [7, 11) is 0.774. The molecule has 0 amide bonds. The zero-order valence-electron chi connectivity index (χ0n) is 12.7. The molecule has 2 aromatic rings. The van der Waals surface area contributed by atoms with E-state index in [0.717, 1.165) is 19.2 Å². The lowest BCUT2D eigenvalue weighted by atomic mass is 9.92. The van der Waals surface area contributed by atoms with E-state index in [-0.39, 0.29) is 5.56 Å². The zero-order chi connectivity index (χ0) is 19.2. The molecule has 0 aliphatic heterocycles. The molecule has 0 unspecified atom stereocenters. The molecule has 0 bridgehead atoms. The number of hydrogen-bond acceptors (Lipinski definition) is 1. The van der Waals surface area contributed by atoms with Gasteiger partial charge in [-0.2, -0.15) is 26.3 Å². The van der Waals surface area contributed by atoms with Gasteiger partial charge in [0.1, 0.15) is 11.3 Å². The summed E-state index contributed by atoms with van der Waals surface area (Å²) in [4.78, 5) is 0. The van der Waals surface area contributed by atoms with Crippen molar-refractivity contribution in [3.05, 3.63) is 52.6 Å². The van der Waals surface area contributed by atoms with Crippen molar-refractivity contribution in [1.82, 2.24) is 0 Å². The van der Waals surface area contributed by atoms with Crippen LogP contribution in [-0.4, -0.2) is 7.11 Å². The third-order valence-corrected chi connectivity index (χ3v) is 3.52. The summed E-state index contributed by atoms with van der Waals surface area (Å²) in [5, 5.41) is 0. The van der Waals surface area contributed by atoms with Gasteiger partial charge in [-0.05, 0) is 30.2 Å². The summed E-state index contributed by atoms with van der Waals surface area (Å²) >= 11 is 0. The number of benzene rings is 2. The van der Waals surface area contributed by atoms with Crippen LogP contribution in [0, 0.1) is 18.6 Å². The Morgan fingerprint density at radius 3 is 1.72 bits per heavy atom. The van der Waals surface area contributed by atoms with Crippen molar-refractivity contribution in [3.8, 4) is 16.9 Å². The molecule has 0 aromatic heterocycles. The molecule has 0 aliphatic rings. The van der Waals surface area contributed by atoms with Gasteiger partial charge in [0.2, 0.25) is 0 Å². The Balaban J connectivity index is 2.96. The highest BCUT2D eigenvalue weighted by Gasteiger charge is 2.47. The normalized spacial score (nSPS) is 12.4. The van der Waals surface area contributed by atoms with Crippen molar-refractivity contribution >= 4 is 0 Å². The molecular weight excluding hydrogens is 360 g/mol. The average Bonchev–Trinajstić information content (AvgIpc) is 2.50. The Hall–Kier alpha value is -2.32. The summed E-state index contributed by atoms with van der Waals surface area (Å²) < 4.78 is 112. The Labute approximate surface area is 136 Å². The van der Waals surface area contributed by atoms with Crippen LogP contribution in [0.4, 0.5) is 35.1 Å². The summed E-state index contributed by atoms with van der Waals surface area (Å²) in [6.45, 7) is 1.17. The topological polar surface area (TPSA) is 9.23 Å². The van der Waals surface area contributed by atoms with Gasteiger partial charge in [0.15, 0.2) is 11.6 Å². The van der Waals surface area contributed by atoms with E-state index in [9.17, 15) is 35.1 Å². The van der Waals surface area contributed by atoms with E-state index >= 15 is 0 Å². The second kappa shape index (κ2) is 6.20. The predicted molar refractivity (Wildman–Crippen MR) is 73.1 cm³/mol. The lowest BCUT2D eigenvalue weighted by molar-refractivity contribution is -0.162. The minimum absolute atomic E-state index is 0.195. The van der Waals surface area contributed by atoms with Crippen molar-refractivity contribution in [3.63, 3.8) is 0 Å². The van der Waals surface area contributed by atoms with Gasteiger partial charge in [0.25, 0.3) is 0 Å². The van der Waals surface area contributed by atoms with E-state index in [2.05, 4.69) is 4.74 Å². The van der Waals surface area contributed by atoms with Crippen LogP contribution in [0.5, 0.6) is 5.75 Å². The molecule has 0 radical (unpaired) electrons. The summed E-state index contributed by atoms with van der Waals surface area (Å²) in [6.07, 6.45) is -10.9. The highest BCUT2D eigenvalue weighted by atomic mass is 19.4. The Kier molecular flexibility index (Phi) is 4.71. The number of hydrogen-bond donors (Lipinski definition) is 0. The molecule has 0 heterocycles. The molecule has 0 fully saturated rings. The first-order valence-electron chi connectivity index (χ1n) is 6.70. The molecule has 1 nitrogen and oxygen atoms in total. The SMILES string of the molecule is COc1ccc(-c2ccc(C)c(F)c2F)c(C(F)(F)F)c1C(F)(F)F. The van der Waals surface area contributed by atoms with Crippen LogP contribution in [0.1, 0.15) is 16.7 Å². The summed E-state index contributed by atoms with van der Waals surface area (Å²) in [5.41, 5.74) is -6.48. The van der Waals surface area contributed by atoms with Gasteiger partial charge >= 0.3 is 12.4 Å². The molecule has 0 spiro atoms. The van der Waals surface area contributed by atoms with Crippen LogP contribution in [0.15, 0.2) is 24.3 Å². The van der Waals surface area contributed by atoms with Crippen LogP contribution in [0.2, 0.25) is 0 Å². The van der Waals surface area contributed by atoms with Crippen molar-refractivity contribution in [2.45, 2.75) is 19.3 Å². The monoisotopic (exact) mass is 370 g/mol. The van der Waals surface area contributed by atoms with Gasteiger partial charge in [-0.15, -0.1) is 0 Å². The minimum atomic E-state index is -5.48. The van der Waals surface area contributed by atoms with Crippen LogP contribution >= 0.6 is 0 Å². The molecule has 9 heteroatoms. The highest BCUT2D eigenvalue weighted by molar-refractivity contribution is 5.73. The molecule has 2 rings (SSSR count). The fourth-order valence-corrected chi connectivity index (χ4v) is 2.41. The first-order valence-corrected chi connectivity index (χ1v) is 6.70. The predicted octanol–water partition coefficient (Wildman–Crippen LogP) is 5.99. The third kappa shape index (κ3) is 3.40. The molecule has 0 aliphatic carbocycles. The van der Waals surface area contributed by atoms with Gasteiger partial charge in [0.05, 0.1) is 12.7 Å². The smallest absolute Gasteiger partial charge is 0.420 e. The number of methoxy groups -OCH3 is 1. The Morgan fingerprint density at radius 1 is 0.720 bits per heavy atom. The van der Waals surface area contributed by atoms with Crippen LogP contribution in [-0.2, 0) is 12.4 Å². The van der Waals surface area contributed by atoms with Crippen molar-refractivity contribution < 1.29 is 39.9 Å². The molecule has 2 aromatic carbocycles. The first kappa shape index (κ1) is 19.0. The van der Waals surface area contributed by atoms with Gasteiger partial charge < -0.3 is 4.74 Å². The van der Waals surface area contributed by atoms with E-state index in [1.807, 2.05) is 0 Å². The summed E-state index contributed by atoms with van der Waals surface area (Å²) in [6, 6.07) is 3.02. The van der Waals surface area contributed by atoms with E-state index in [4.69, 9.17) is 0 Å². The molecule has 0 saturated carbocycles. The van der Waals surface area contributed by atoms with Crippen molar-refractivity contribution in [1.29, 1.82) is 0 Å². The lowest BCUT2D eigenvalue weighted by Crippen LogP contribution is -2.19. The number of ether oxygens (including phenoxy) is 1. The number of aryl methyl sites for hydroxylation is 1. The fraction of sp³-hybridized carbons (Fsp3) is 0.250. The van der Waals surface area contributed by atoms with Gasteiger partial charge in [-0.1, -0.05) is 12.1 Å². The molecule has 0 N–H and O–H groups in total. The lowest BCUT2D eigenvalue weighted by Gasteiger charge is -2.22. The Bertz CT molecular complexity index is 805. The van der Waals surface area contributed by atoms with Crippen LogP contribution in [0.25, 0.3) is 11.1 Å². The number of rotatable bonds is 2. The summed E-state index contributed by atoms with van der Waals surface area (Å²) in [5.74, 6) is -4.17. The largest absolute Gasteiger partial charge is 0.496 e. The molecule has 25 heavy (non-hydrogen) atoms. The zero-order valence-corrected chi connectivity index (χ0v) is 12.7. The second-order valence-electron chi connectivity index (χ2n) is 5.12. The Morgan fingerprint density at radius 2 is 1.24 bits per heavy atom. The fourth-order valence-electron chi connectivity index (χ4n) is 2.41. The average molecular weight is 370 g/mol. The second-order valence-corrected chi connectivity index (χ2v) is 5.12. The molecule has 0 atom stereocenters. The quantitative estimate of drug-likeness (QED) is 0.591. The molecule has 0 saturated heterocycles.